The predicted molar refractivity (Wildman–Crippen MR) is 154 cm³/mol. The van der Waals surface area contributed by atoms with Gasteiger partial charge in [-0.2, -0.15) is 9.97 Å². The molecule has 39 heavy (non-hydrogen) atoms. The van der Waals surface area contributed by atoms with Gasteiger partial charge in [-0.05, 0) is 57.0 Å². The number of halogens is 1. The zero-order chi connectivity index (χ0) is 28.2. The Bertz CT molecular complexity index is 1460. The number of carbonyl (C=O) groups is 1. The fraction of sp³-hybridized carbons (Fsp3) is 0.370. The van der Waals surface area contributed by atoms with Gasteiger partial charge >= 0.3 is 0 Å². The van der Waals surface area contributed by atoms with E-state index in [4.69, 9.17) is 22.1 Å². The molecule has 0 bridgehead atoms. The van der Waals surface area contributed by atoms with E-state index in [1.807, 2.05) is 0 Å². The van der Waals surface area contributed by atoms with Crippen molar-refractivity contribution in [1.29, 1.82) is 0 Å². The van der Waals surface area contributed by atoms with Crippen LogP contribution in [0.1, 0.15) is 56.3 Å². The number of carbonyl (C=O) groups excluding carboxylic acids is 1. The molecule has 0 radical (unpaired) electrons. The van der Waals surface area contributed by atoms with Crippen LogP contribution in [0.2, 0.25) is 5.02 Å². The summed E-state index contributed by atoms with van der Waals surface area (Å²) in [5, 5.41) is 8.57. The minimum atomic E-state index is -3.58. The van der Waals surface area contributed by atoms with Gasteiger partial charge in [-0.3, -0.25) is 4.79 Å². The van der Waals surface area contributed by atoms with Crippen LogP contribution < -0.4 is 26.4 Å². The molecule has 1 aliphatic carbocycles. The van der Waals surface area contributed by atoms with Gasteiger partial charge in [0.25, 0.3) is 5.91 Å². The van der Waals surface area contributed by atoms with Crippen LogP contribution in [0.3, 0.4) is 0 Å². The summed E-state index contributed by atoms with van der Waals surface area (Å²) < 4.78 is 31.3. The van der Waals surface area contributed by atoms with Crippen molar-refractivity contribution in [1.82, 2.24) is 15.3 Å². The number of nitrogens with one attached hydrogen (secondary N) is 3. The van der Waals surface area contributed by atoms with E-state index in [0.717, 1.165) is 25.7 Å². The molecule has 0 aliphatic heterocycles. The first-order valence-corrected chi connectivity index (χ1v) is 14.7. The lowest BCUT2D eigenvalue weighted by atomic mass is 9.95. The first kappa shape index (κ1) is 28.4. The van der Waals surface area contributed by atoms with Gasteiger partial charge in [0, 0.05) is 11.6 Å². The molecule has 2 aromatic carbocycles. The van der Waals surface area contributed by atoms with Crippen molar-refractivity contribution in [3.63, 3.8) is 0 Å². The maximum absolute atomic E-state index is 12.9. The molecule has 208 valence electrons. The number of nitrogens with two attached hydrogens (primary N) is 1. The maximum atomic E-state index is 12.9. The number of ether oxygens (including phenoxy) is 1. The molecule has 1 aliphatic rings. The van der Waals surface area contributed by atoms with Crippen LogP contribution in [0, 0.1) is 0 Å². The number of rotatable bonds is 9. The summed E-state index contributed by atoms with van der Waals surface area (Å²) in [6.07, 6.45) is 5.43. The Hall–Kier alpha value is -3.57. The molecule has 12 heteroatoms. The average Bonchev–Trinajstić information content (AvgIpc) is 2.92. The summed E-state index contributed by atoms with van der Waals surface area (Å²) in [6.45, 7) is 3.23. The molecule has 1 amide bonds. The van der Waals surface area contributed by atoms with E-state index < -0.39 is 15.1 Å². The van der Waals surface area contributed by atoms with Gasteiger partial charge in [-0.1, -0.05) is 43.0 Å². The minimum Gasteiger partial charge on any atom is -0.495 e. The summed E-state index contributed by atoms with van der Waals surface area (Å²) >= 11 is 6.38. The first-order chi connectivity index (χ1) is 18.6. The smallest absolute Gasteiger partial charge is 0.251 e. The number of methoxy groups -OCH3 is 1. The van der Waals surface area contributed by atoms with Crippen LogP contribution >= 0.6 is 11.6 Å². The monoisotopic (exact) mass is 572 g/mol. The molecular formula is C27H33ClN6O4S. The number of nitrogen functional groups attached to an aromatic ring is 1. The number of nitrogens with zero attached hydrogens (tertiary/aromatic N) is 2. The Kier molecular flexibility index (Phi) is 8.81. The second-order valence-corrected chi connectivity index (χ2v) is 12.5. The van der Waals surface area contributed by atoms with Crippen molar-refractivity contribution in [3.8, 4) is 5.75 Å². The number of sulfone groups is 1. The Morgan fingerprint density at radius 3 is 2.46 bits per heavy atom. The van der Waals surface area contributed by atoms with Crippen LogP contribution in [0.4, 0.5) is 29.0 Å². The van der Waals surface area contributed by atoms with E-state index in [9.17, 15) is 13.2 Å². The van der Waals surface area contributed by atoms with Crippen LogP contribution in [-0.4, -0.2) is 42.7 Å². The third-order valence-electron chi connectivity index (χ3n) is 6.59. The second-order valence-electron chi connectivity index (χ2n) is 9.66. The van der Waals surface area contributed by atoms with Crippen molar-refractivity contribution < 1.29 is 17.9 Å². The topological polar surface area (TPSA) is 148 Å². The van der Waals surface area contributed by atoms with Crippen LogP contribution in [0.15, 0.2) is 47.4 Å². The number of hydrogen-bond acceptors (Lipinski definition) is 9. The van der Waals surface area contributed by atoms with E-state index in [-0.39, 0.29) is 39.5 Å². The van der Waals surface area contributed by atoms with Gasteiger partial charge in [0.15, 0.2) is 15.7 Å². The fourth-order valence-corrected chi connectivity index (χ4v) is 5.71. The molecule has 1 fully saturated rings. The molecule has 0 atom stereocenters. The van der Waals surface area contributed by atoms with Crippen molar-refractivity contribution >= 4 is 56.3 Å². The number of anilines is 5. The molecule has 0 spiro atoms. The highest BCUT2D eigenvalue weighted by atomic mass is 35.5. The Morgan fingerprint density at radius 1 is 1.05 bits per heavy atom. The minimum absolute atomic E-state index is 0.0108. The maximum Gasteiger partial charge on any atom is 0.251 e. The molecule has 0 unspecified atom stereocenters. The fourth-order valence-electron chi connectivity index (χ4n) is 4.37. The van der Waals surface area contributed by atoms with E-state index in [2.05, 4.69) is 25.9 Å². The number of hydrogen-bond donors (Lipinski definition) is 4. The number of para-hydroxylation sites is 1. The highest BCUT2D eigenvalue weighted by Crippen LogP contribution is 2.34. The highest BCUT2D eigenvalue weighted by Gasteiger charge is 2.24. The van der Waals surface area contributed by atoms with Crippen molar-refractivity contribution in [2.24, 2.45) is 0 Å². The standard InChI is InChI=1S/C27H33ClN6O4S/c1-16(2)39(36,37)22-12-8-7-11-20(22)31-25-23(28)24(29)33-27(34-25)32-19-14-13-17(15-21(19)38-3)26(35)30-18-9-5-4-6-10-18/h7-8,11-16,18H,4-6,9-10H2,1-3H3,(H,30,35)(H4,29,31,32,33,34). The number of amides is 1. The van der Waals surface area contributed by atoms with E-state index in [1.54, 1.807) is 50.2 Å². The summed E-state index contributed by atoms with van der Waals surface area (Å²) in [5.41, 5.74) is 7.35. The van der Waals surface area contributed by atoms with Gasteiger partial charge in [-0.15, -0.1) is 0 Å². The van der Waals surface area contributed by atoms with Gasteiger partial charge in [0.2, 0.25) is 5.95 Å². The molecule has 4 rings (SSSR count). The molecular weight excluding hydrogens is 540 g/mol. The molecule has 1 aromatic heterocycles. The summed E-state index contributed by atoms with van der Waals surface area (Å²) in [6, 6.07) is 11.7. The largest absolute Gasteiger partial charge is 0.495 e. The second kappa shape index (κ2) is 12.1. The van der Waals surface area contributed by atoms with Crippen molar-refractivity contribution in [2.75, 3.05) is 23.5 Å². The quantitative estimate of drug-likeness (QED) is 0.262. The van der Waals surface area contributed by atoms with Crippen LogP contribution in [0.5, 0.6) is 5.75 Å². The Morgan fingerprint density at radius 2 is 1.77 bits per heavy atom. The van der Waals surface area contributed by atoms with Gasteiger partial charge in [0.05, 0.1) is 28.6 Å². The lowest BCUT2D eigenvalue weighted by Crippen LogP contribution is -2.36. The normalized spacial score (nSPS) is 14.2. The van der Waals surface area contributed by atoms with Gasteiger partial charge in [-0.25, -0.2) is 8.42 Å². The Labute approximate surface area is 233 Å². The average molecular weight is 573 g/mol. The third kappa shape index (κ3) is 6.54. The van der Waals surface area contributed by atoms with Crippen molar-refractivity contribution in [2.45, 2.75) is 62.1 Å². The van der Waals surface area contributed by atoms with Gasteiger partial charge < -0.3 is 26.4 Å². The summed E-state index contributed by atoms with van der Waals surface area (Å²) in [5.74, 6) is 0.469. The van der Waals surface area contributed by atoms with E-state index in [1.165, 1.54) is 19.6 Å². The SMILES string of the molecule is COc1cc(C(=O)NC2CCCCC2)ccc1Nc1nc(N)c(Cl)c(Nc2ccccc2S(=O)(=O)C(C)C)n1. The van der Waals surface area contributed by atoms with Crippen LogP contribution in [0.25, 0.3) is 0 Å². The molecule has 10 nitrogen and oxygen atoms in total. The zero-order valence-electron chi connectivity index (χ0n) is 22.1. The predicted octanol–water partition coefficient (Wildman–Crippen LogP) is 5.45. The van der Waals surface area contributed by atoms with Crippen molar-refractivity contribution in [3.05, 3.63) is 53.1 Å². The summed E-state index contributed by atoms with van der Waals surface area (Å²) in [4.78, 5) is 21.6. The number of aromatic nitrogens is 2. The lowest BCUT2D eigenvalue weighted by molar-refractivity contribution is 0.0927. The number of benzene rings is 2. The molecule has 1 heterocycles. The van der Waals surface area contributed by atoms with Crippen LogP contribution in [-0.2, 0) is 9.84 Å². The van der Waals surface area contributed by atoms with E-state index in [0.29, 0.717) is 22.7 Å². The molecule has 1 saturated carbocycles. The van der Waals surface area contributed by atoms with E-state index >= 15 is 0 Å². The molecule has 3 aromatic rings. The lowest BCUT2D eigenvalue weighted by Gasteiger charge is -2.23. The Balaban J connectivity index is 1.59. The molecule has 5 N–H and O–H groups in total. The van der Waals surface area contributed by atoms with Gasteiger partial charge in [0.1, 0.15) is 16.6 Å². The highest BCUT2D eigenvalue weighted by molar-refractivity contribution is 7.92. The summed E-state index contributed by atoms with van der Waals surface area (Å²) in [7, 11) is -2.08. The third-order valence-corrected chi connectivity index (χ3v) is 9.18. The zero-order valence-corrected chi connectivity index (χ0v) is 23.7. The molecule has 0 saturated heterocycles. The first-order valence-electron chi connectivity index (χ1n) is 12.8.